The predicted molar refractivity (Wildman–Crippen MR) is 149 cm³/mol. The van der Waals surface area contributed by atoms with E-state index in [9.17, 15) is 22.8 Å². The van der Waals surface area contributed by atoms with E-state index in [-0.39, 0.29) is 47.5 Å². The summed E-state index contributed by atoms with van der Waals surface area (Å²) in [6.45, 7) is 6.41. The van der Waals surface area contributed by atoms with Crippen LogP contribution in [0.25, 0.3) is 0 Å². The number of carbonyl (C=O) groups is 2. The van der Waals surface area contributed by atoms with Crippen LogP contribution < -0.4 is 5.32 Å². The number of benzene rings is 2. The fourth-order valence-electron chi connectivity index (χ4n) is 6.51. The number of alkyl halides is 3. The number of aromatic nitrogens is 4. The average Bonchev–Trinajstić information content (AvgIpc) is 3.56. The van der Waals surface area contributed by atoms with Gasteiger partial charge >= 0.3 is 6.18 Å². The van der Waals surface area contributed by atoms with E-state index in [0.717, 1.165) is 30.5 Å². The number of carbonyl (C=O) groups excluding carboxylic acids is 2. The van der Waals surface area contributed by atoms with E-state index >= 15 is 0 Å². The van der Waals surface area contributed by atoms with Gasteiger partial charge in [0.1, 0.15) is 11.4 Å². The lowest BCUT2D eigenvalue weighted by Crippen LogP contribution is -2.52. The molecule has 0 bridgehead atoms. The molecule has 5 rings (SSSR count). The highest BCUT2D eigenvalue weighted by molar-refractivity contribution is 6.46. The molecule has 2 aliphatic rings. The van der Waals surface area contributed by atoms with Gasteiger partial charge < -0.3 is 10.2 Å². The van der Waals surface area contributed by atoms with Crippen molar-refractivity contribution in [2.75, 3.05) is 0 Å². The van der Waals surface area contributed by atoms with Crippen LogP contribution in [-0.4, -0.2) is 48.7 Å². The van der Waals surface area contributed by atoms with E-state index < -0.39 is 17.4 Å². The Hall–Kier alpha value is -4.09. The number of nitrogens with zero attached hydrogens (tertiary/aromatic N) is 5. The van der Waals surface area contributed by atoms with Crippen molar-refractivity contribution in [1.82, 2.24) is 30.8 Å². The Morgan fingerprint density at radius 1 is 1.14 bits per heavy atom. The summed E-state index contributed by atoms with van der Waals surface area (Å²) in [7, 11) is 0. The zero-order chi connectivity index (χ0) is 30.1. The Balaban J connectivity index is 1.49. The third-order valence-electron chi connectivity index (χ3n) is 8.04. The molecule has 222 valence electrons. The summed E-state index contributed by atoms with van der Waals surface area (Å²) in [4.78, 5) is 33.8. The highest BCUT2D eigenvalue weighted by Crippen LogP contribution is 2.48. The third kappa shape index (κ3) is 5.93. The molecule has 12 heteroatoms. The standard InChI is InChI=1S/C30H34F3N7O2/c1-4-6-24(20-9-11-21(12-10-20)27(41)34-17-25-36-38-39-37-25)40-28(42)26(22-7-5-8-23(14-22)30(31,32)33)35-29(40)15-18(2)13-19(3)16-29/h5,7-12,14,18-19,24H,4,6,13,15-17H2,1-3H3,(H,34,41)(H,36,37,38,39)/t18?,19?,24-,29?/m1/s1. The largest absolute Gasteiger partial charge is 0.416 e. The van der Waals surface area contributed by atoms with Gasteiger partial charge in [-0.15, -0.1) is 10.2 Å². The second-order valence-corrected chi connectivity index (χ2v) is 11.5. The van der Waals surface area contributed by atoms with Crippen molar-refractivity contribution in [2.24, 2.45) is 16.8 Å². The van der Waals surface area contributed by atoms with Gasteiger partial charge in [-0.1, -0.05) is 56.7 Å². The van der Waals surface area contributed by atoms with Gasteiger partial charge in [-0.2, -0.15) is 18.4 Å². The zero-order valence-corrected chi connectivity index (χ0v) is 23.8. The van der Waals surface area contributed by atoms with Crippen LogP contribution in [0.3, 0.4) is 0 Å². The van der Waals surface area contributed by atoms with E-state index in [4.69, 9.17) is 4.99 Å². The molecule has 42 heavy (non-hydrogen) atoms. The number of tetrazole rings is 1. The highest BCUT2D eigenvalue weighted by Gasteiger charge is 2.53. The summed E-state index contributed by atoms with van der Waals surface area (Å²) in [5.41, 5.74) is -0.163. The molecule has 3 atom stereocenters. The fourth-order valence-corrected chi connectivity index (χ4v) is 6.51. The average molecular weight is 582 g/mol. The lowest BCUT2D eigenvalue weighted by atomic mass is 9.75. The Morgan fingerprint density at radius 2 is 1.86 bits per heavy atom. The van der Waals surface area contributed by atoms with Crippen molar-refractivity contribution < 1.29 is 22.8 Å². The number of rotatable bonds is 8. The fraction of sp³-hybridized carbons (Fsp3) is 0.467. The summed E-state index contributed by atoms with van der Waals surface area (Å²) >= 11 is 0. The second kappa shape index (κ2) is 11.7. The Bertz CT molecular complexity index is 1440. The monoisotopic (exact) mass is 581 g/mol. The first-order valence-electron chi connectivity index (χ1n) is 14.2. The molecule has 2 aromatic carbocycles. The first kappa shape index (κ1) is 29.4. The van der Waals surface area contributed by atoms with Crippen molar-refractivity contribution >= 4 is 17.5 Å². The minimum Gasteiger partial charge on any atom is -0.345 e. The smallest absolute Gasteiger partial charge is 0.345 e. The molecule has 2 heterocycles. The van der Waals surface area contributed by atoms with Crippen molar-refractivity contribution in [3.05, 3.63) is 76.6 Å². The molecule has 1 aliphatic carbocycles. The molecule has 2 unspecified atom stereocenters. The van der Waals surface area contributed by atoms with E-state index in [0.29, 0.717) is 30.7 Å². The van der Waals surface area contributed by atoms with Crippen LogP contribution in [0.1, 0.15) is 91.8 Å². The van der Waals surface area contributed by atoms with Crippen LogP contribution in [-0.2, 0) is 17.5 Å². The topological polar surface area (TPSA) is 116 Å². The Morgan fingerprint density at radius 3 is 2.48 bits per heavy atom. The minimum atomic E-state index is -4.53. The van der Waals surface area contributed by atoms with Crippen LogP contribution in [0.2, 0.25) is 0 Å². The second-order valence-electron chi connectivity index (χ2n) is 11.5. The Kier molecular flexibility index (Phi) is 8.16. The normalized spacial score (nSPS) is 23.2. The van der Waals surface area contributed by atoms with Crippen LogP contribution in [0, 0.1) is 11.8 Å². The molecule has 1 saturated carbocycles. The number of halogens is 3. The van der Waals surface area contributed by atoms with Gasteiger partial charge in [0.05, 0.1) is 18.2 Å². The molecule has 1 fully saturated rings. The third-order valence-corrected chi connectivity index (χ3v) is 8.04. The summed E-state index contributed by atoms with van der Waals surface area (Å²) in [5, 5.41) is 16.2. The van der Waals surface area contributed by atoms with Crippen molar-refractivity contribution in [2.45, 2.75) is 77.3 Å². The van der Waals surface area contributed by atoms with Gasteiger partial charge in [0.15, 0.2) is 5.82 Å². The number of H-pyrrole nitrogens is 1. The van der Waals surface area contributed by atoms with Crippen LogP contribution in [0.15, 0.2) is 53.5 Å². The van der Waals surface area contributed by atoms with E-state index in [1.165, 1.54) is 12.1 Å². The molecule has 0 saturated heterocycles. The molecule has 9 nitrogen and oxygen atoms in total. The lowest BCUT2D eigenvalue weighted by Gasteiger charge is -2.47. The van der Waals surface area contributed by atoms with E-state index in [1.807, 2.05) is 24.0 Å². The van der Waals surface area contributed by atoms with Gasteiger partial charge in [0.25, 0.3) is 11.8 Å². The molecule has 1 aliphatic heterocycles. The van der Waals surface area contributed by atoms with Crippen molar-refractivity contribution in [1.29, 1.82) is 0 Å². The molecule has 3 aromatic rings. The molecule has 2 amide bonds. The van der Waals surface area contributed by atoms with Crippen molar-refractivity contribution in [3.63, 3.8) is 0 Å². The number of hydrogen-bond acceptors (Lipinski definition) is 6. The van der Waals surface area contributed by atoms with Crippen molar-refractivity contribution in [3.8, 4) is 0 Å². The van der Waals surface area contributed by atoms with Gasteiger partial charge in [-0.25, -0.2) is 0 Å². The highest BCUT2D eigenvalue weighted by atomic mass is 19.4. The van der Waals surface area contributed by atoms with Crippen LogP contribution >= 0.6 is 0 Å². The maximum absolute atomic E-state index is 14.2. The van der Waals surface area contributed by atoms with Gasteiger partial charge in [0.2, 0.25) is 0 Å². The summed E-state index contributed by atoms with van der Waals surface area (Å²) < 4.78 is 40.7. The molecule has 2 N–H and O–H groups in total. The number of amides is 2. The number of hydrogen-bond donors (Lipinski definition) is 2. The summed E-state index contributed by atoms with van der Waals surface area (Å²) in [6, 6.07) is 11.6. The maximum Gasteiger partial charge on any atom is 0.416 e. The maximum atomic E-state index is 14.2. The van der Waals surface area contributed by atoms with Gasteiger partial charge in [0, 0.05) is 11.1 Å². The molecular weight excluding hydrogens is 547 g/mol. The molecule has 1 aromatic heterocycles. The first-order valence-corrected chi connectivity index (χ1v) is 14.2. The van der Waals surface area contributed by atoms with Gasteiger partial charge in [-0.05, 0) is 67.3 Å². The number of aromatic amines is 1. The molecule has 0 radical (unpaired) electrons. The number of nitrogens with one attached hydrogen (secondary N) is 2. The van der Waals surface area contributed by atoms with E-state index in [1.54, 1.807) is 12.1 Å². The van der Waals surface area contributed by atoms with E-state index in [2.05, 4.69) is 39.8 Å². The van der Waals surface area contributed by atoms with Crippen LogP contribution in [0.5, 0.6) is 0 Å². The Labute approximate surface area is 242 Å². The minimum absolute atomic E-state index is 0.0703. The van der Waals surface area contributed by atoms with Gasteiger partial charge in [-0.3, -0.25) is 14.6 Å². The lowest BCUT2D eigenvalue weighted by molar-refractivity contribution is -0.138. The van der Waals surface area contributed by atoms with Crippen LogP contribution in [0.4, 0.5) is 13.2 Å². The number of aliphatic imine (C=N–C) groups is 1. The predicted octanol–water partition coefficient (Wildman–Crippen LogP) is 5.47. The molecular formula is C30H34F3N7O2. The summed E-state index contributed by atoms with van der Waals surface area (Å²) in [6.07, 6.45) is -0.894. The zero-order valence-electron chi connectivity index (χ0n) is 23.8. The SMILES string of the molecule is CCC[C@H](c1ccc(C(=O)NCc2nn[nH]n2)cc1)N1C(=O)C(c2cccc(C(F)(F)F)c2)=NC12CC(C)CC(C)C2. The quantitative estimate of drug-likeness (QED) is 0.366. The molecule has 1 spiro atoms. The first-order chi connectivity index (χ1) is 20.0. The summed E-state index contributed by atoms with van der Waals surface area (Å²) in [5.74, 6) is 0.240.